The summed E-state index contributed by atoms with van der Waals surface area (Å²) in [6, 6.07) is 7.91. The highest BCUT2D eigenvalue weighted by Crippen LogP contribution is 2.46. The molecule has 0 amide bonds. The summed E-state index contributed by atoms with van der Waals surface area (Å²) in [7, 11) is 1.56. The fourth-order valence-corrected chi connectivity index (χ4v) is 5.19. The molecule has 0 unspecified atom stereocenters. The number of aromatic nitrogens is 1. The zero-order valence-electron chi connectivity index (χ0n) is 13.0. The highest BCUT2D eigenvalue weighted by Gasteiger charge is 2.22. The Labute approximate surface area is 149 Å². The second kappa shape index (κ2) is 5.61. The molecule has 0 atom stereocenters. The van der Waals surface area contributed by atoms with E-state index in [2.05, 4.69) is 4.98 Å². The molecule has 0 saturated heterocycles. The van der Waals surface area contributed by atoms with E-state index < -0.39 is 5.56 Å². The van der Waals surface area contributed by atoms with E-state index in [0.717, 1.165) is 10.1 Å². The van der Waals surface area contributed by atoms with Gasteiger partial charge >= 0.3 is 0 Å². The average Bonchev–Trinajstić information content (AvgIpc) is 3.12. The first-order valence-corrected chi connectivity index (χ1v) is 8.88. The number of aromatic amines is 1. The van der Waals surface area contributed by atoms with Crippen molar-refractivity contribution in [3.63, 3.8) is 0 Å². The maximum atomic E-state index is 12.8. The van der Waals surface area contributed by atoms with Crippen molar-refractivity contribution in [3.05, 3.63) is 51.1 Å². The van der Waals surface area contributed by atoms with Gasteiger partial charge in [0.25, 0.3) is 5.56 Å². The van der Waals surface area contributed by atoms with Crippen LogP contribution >= 0.6 is 22.7 Å². The quantitative estimate of drug-likeness (QED) is 0.478. The Morgan fingerprint density at radius 2 is 1.96 bits per heavy atom. The lowest BCUT2D eigenvalue weighted by molar-refractivity contribution is 0.104. The van der Waals surface area contributed by atoms with Gasteiger partial charge in [0.15, 0.2) is 0 Å². The fourth-order valence-electron chi connectivity index (χ4n) is 2.68. The summed E-state index contributed by atoms with van der Waals surface area (Å²) in [4.78, 5) is 27.5. The molecule has 0 aliphatic rings. The van der Waals surface area contributed by atoms with Crippen molar-refractivity contribution in [3.8, 4) is 11.5 Å². The van der Waals surface area contributed by atoms with E-state index >= 15 is 0 Å². The summed E-state index contributed by atoms with van der Waals surface area (Å²) in [5.41, 5.74) is 7.07. The second-order valence-corrected chi connectivity index (χ2v) is 7.69. The molecule has 4 aromatic rings. The van der Waals surface area contributed by atoms with Gasteiger partial charge < -0.3 is 20.6 Å². The van der Waals surface area contributed by atoms with Crippen LogP contribution in [-0.4, -0.2) is 23.0 Å². The summed E-state index contributed by atoms with van der Waals surface area (Å²) >= 11 is 2.55. The van der Waals surface area contributed by atoms with E-state index in [1.165, 1.54) is 22.7 Å². The van der Waals surface area contributed by atoms with E-state index in [1.54, 1.807) is 31.4 Å². The van der Waals surface area contributed by atoms with Crippen LogP contribution in [0.1, 0.15) is 15.2 Å². The van der Waals surface area contributed by atoms with Gasteiger partial charge in [-0.1, -0.05) is 0 Å². The van der Waals surface area contributed by atoms with Gasteiger partial charge in [-0.15, -0.1) is 22.7 Å². The Balaban J connectivity index is 1.89. The number of benzene rings is 1. The maximum Gasteiger partial charge on any atom is 0.252 e. The standard InChI is InChI=1S/C17H12N2O4S2/c1-23-8-4-2-7(3-5-8)14(22)16-12(18)11-13-15(24-17(11)25-16)9(20)6-10(21)19-13/h2-6H,18H2,1H3,(H2,19,20,21). The van der Waals surface area contributed by atoms with Gasteiger partial charge in [-0.2, -0.15) is 0 Å². The topological polar surface area (TPSA) is 105 Å². The third-order valence-electron chi connectivity index (χ3n) is 3.89. The van der Waals surface area contributed by atoms with Gasteiger partial charge in [0.2, 0.25) is 5.78 Å². The van der Waals surface area contributed by atoms with E-state index in [-0.39, 0.29) is 11.5 Å². The monoisotopic (exact) mass is 372 g/mol. The van der Waals surface area contributed by atoms with Gasteiger partial charge in [-0.3, -0.25) is 9.59 Å². The number of H-pyrrole nitrogens is 1. The number of rotatable bonds is 3. The third kappa shape index (κ3) is 2.38. The molecule has 3 heterocycles. The number of nitrogens with one attached hydrogen (secondary N) is 1. The van der Waals surface area contributed by atoms with Gasteiger partial charge in [-0.25, -0.2) is 0 Å². The number of anilines is 1. The Morgan fingerprint density at radius 3 is 2.64 bits per heavy atom. The minimum atomic E-state index is -0.418. The number of pyridine rings is 1. The normalized spacial score (nSPS) is 11.2. The first-order valence-electron chi connectivity index (χ1n) is 7.25. The number of fused-ring (bicyclic) bond motifs is 3. The summed E-state index contributed by atoms with van der Waals surface area (Å²) < 4.78 is 6.43. The molecule has 0 aliphatic heterocycles. The second-order valence-electron chi connectivity index (χ2n) is 5.39. The summed E-state index contributed by atoms with van der Waals surface area (Å²) in [5.74, 6) is 0.384. The van der Waals surface area contributed by atoms with Crippen LogP contribution < -0.4 is 16.0 Å². The van der Waals surface area contributed by atoms with Gasteiger partial charge in [0.05, 0.1) is 32.4 Å². The SMILES string of the molecule is COc1ccc(C(=O)c2sc3sc4c(O)cc(=O)[nH]c4c3c2N)cc1. The molecule has 0 spiro atoms. The van der Waals surface area contributed by atoms with E-state index in [1.807, 2.05) is 0 Å². The minimum Gasteiger partial charge on any atom is -0.506 e. The Hall–Kier alpha value is -2.84. The smallest absolute Gasteiger partial charge is 0.252 e. The highest BCUT2D eigenvalue weighted by molar-refractivity contribution is 7.42. The molecule has 25 heavy (non-hydrogen) atoms. The van der Waals surface area contributed by atoms with Crippen LogP contribution in [0, 0.1) is 0 Å². The van der Waals surface area contributed by atoms with Crippen LogP contribution in [0.2, 0.25) is 0 Å². The Morgan fingerprint density at radius 1 is 1.24 bits per heavy atom. The highest BCUT2D eigenvalue weighted by atomic mass is 32.2. The molecule has 0 saturated carbocycles. The number of thiophene rings is 2. The maximum absolute atomic E-state index is 12.8. The molecule has 6 nitrogen and oxygen atoms in total. The number of ether oxygens (including phenoxy) is 1. The van der Waals surface area contributed by atoms with E-state index in [4.69, 9.17) is 10.5 Å². The third-order valence-corrected chi connectivity index (χ3v) is 6.40. The van der Waals surface area contributed by atoms with Crippen molar-refractivity contribution in [2.24, 2.45) is 0 Å². The molecule has 0 aliphatic carbocycles. The van der Waals surface area contributed by atoms with Crippen LogP contribution in [0.5, 0.6) is 11.5 Å². The number of aromatic hydroxyl groups is 1. The van der Waals surface area contributed by atoms with Crippen molar-refractivity contribution in [1.29, 1.82) is 0 Å². The number of carbonyl (C=O) groups excluding carboxylic acids is 1. The molecule has 3 aromatic heterocycles. The first-order chi connectivity index (χ1) is 12.0. The number of methoxy groups -OCH3 is 1. The lowest BCUT2D eigenvalue weighted by Crippen LogP contribution is -2.03. The van der Waals surface area contributed by atoms with Crippen LogP contribution in [0.3, 0.4) is 0 Å². The zero-order valence-corrected chi connectivity index (χ0v) is 14.6. The molecule has 8 heteroatoms. The molecule has 4 N–H and O–H groups in total. The van der Waals surface area contributed by atoms with Gasteiger partial charge in [0.1, 0.15) is 16.4 Å². The van der Waals surface area contributed by atoms with E-state index in [0.29, 0.717) is 37.5 Å². The molecule has 0 radical (unpaired) electrons. The van der Waals surface area contributed by atoms with Crippen molar-refractivity contribution in [2.45, 2.75) is 0 Å². The van der Waals surface area contributed by atoms with Crippen LogP contribution in [-0.2, 0) is 0 Å². The lowest BCUT2D eigenvalue weighted by atomic mass is 10.1. The minimum absolute atomic E-state index is 0.0884. The molecule has 4 rings (SSSR count). The van der Waals surface area contributed by atoms with Crippen molar-refractivity contribution >= 4 is 53.8 Å². The fraction of sp³-hybridized carbons (Fsp3) is 0.0588. The van der Waals surface area contributed by atoms with Crippen LogP contribution in [0.15, 0.2) is 35.1 Å². The average molecular weight is 372 g/mol. The molecular weight excluding hydrogens is 360 g/mol. The summed E-state index contributed by atoms with van der Waals surface area (Å²) in [6.07, 6.45) is 0. The van der Waals surface area contributed by atoms with Crippen molar-refractivity contribution < 1.29 is 14.6 Å². The van der Waals surface area contributed by atoms with Gasteiger partial charge in [0, 0.05) is 11.6 Å². The number of nitrogens with two attached hydrogens (primary N) is 1. The number of ketones is 1. The van der Waals surface area contributed by atoms with Crippen molar-refractivity contribution in [2.75, 3.05) is 12.8 Å². The van der Waals surface area contributed by atoms with E-state index in [9.17, 15) is 14.7 Å². The number of nitrogen functional groups attached to an aromatic ring is 1. The number of carbonyl (C=O) groups is 1. The number of hydrogen-bond acceptors (Lipinski definition) is 7. The predicted octanol–water partition coefficient (Wildman–Crippen LogP) is 3.33. The van der Waals surface area contributed by atoms with Crippen molar-refractivity contribution in [1.82, 2.24) is 4.98 Å². The number of hydrogen-bond donors (Lipinski definition) is 3. The molecular formula is C17H12N2O4S2. The molecule has 0 bridgehead atoms. The molecule has 1 aromatic carbocycles. The van der Waals surface area contributed by atoms with Crippen LogP contribution in [0.4, 0.5) is 5.69 Å². The predicted molar refractivity (Wildman–Crippen MR) is 100 cm³/mol. The van der Waals surface area contributed by atoms with Crippen LogP contribution in [0.25, 0.3) is 19.6 Å². The first kappa shape index (κ1) is 15.7. The van der Waals surface area contributed by atoms with Gasteiger partial charge in [-0.05, 0) is 24.3 Å². The summed E-state index contributed by atoms with van der Waals surface area (Å²) in [6.45, 7) is 0. The lowest BCUT2D eigenvalue weighted by Gasteiger charge is -2.03. The molecule has 0 fully saturated rings. The molecule has 126 valence electrons. The Kier molecular flexibility index (Phi) is 3.52. The summed E-state index contributed by atoms with van der Waals surface area (Å²) in [5, 5.41) is 10.5. The Bertz CT molecular complexity index is 1190. The zero-order chi connectivity index (χ0) is 17.7. The largest absolute Gasteiger partial charge is 0.506 e.